The molecule has 0 fully saturated rings. The summed E-state index contributed by atoms with van der Waals surface area (Å²) in [7, 11) is 0. The summed E-state index contributed by atoms with van der Waals surface area (Å²) >= 11 is 0. The van der Waals surface area contributed by atoms with Crippen LogP contribution in [0.4, 0.5) is 13.2 Å². The first-order valence-electron chi connectivity index (χ1n) is 7.14. The molecule has 22 heavy (non-hydrogen) atoms. The molecule has 2 aromatic carbocycles. The van der Waals surface area contributed by atoms with Gasteiger partial charge in [0, 0.05) is 6.54 Å². The molecule has 1 aliphatic rings. The Morgan fingerprint density at radius 3 is 2.73 bits per heavy atom. The van der Waals surface area contributed by atoms with Gasteiger partial charge in [-0.3, -0.25) is 0 Å². The SMILES string of the molecule is FC(F)(F)c1cccc(COc2ccc3c(c2)CNCC3)c1. The van der Waals surface area contributed by atoms with E-state index in [1.54, 1.807) is 6.07 Å². The topological polar surface area (TPSA) is 21.3 Å². The second-order valence-corrected chi connectivity index (χ2v) is 5.34. The van der Waals surface area contributed by atoms with Gasteiger partial charge in [-0.05, 0) is 53.9 Å². The van der Waals surface area contributed by atoms with Crippen molar-refractivity contribution in [2.45, 2.75) is 25.7 Å². The molecule has 116 valence electrons. The van der Waals surface area contributed by atoms with E-state index >= 15 is 0 Å². The molecule has 0 spiro atoms. The molecule has 0 amide bonds. The van der Waals surface area contributed by atoms with Crippen molar-refractivity contribution < 1.29 is 17.9 Å². The first kappa shape index (κ1) is 14.9. The lowest BCUT2D eigenvalue weighted by atomic mass is 10.0. The van der Waals surface area contributed by atoms with Crippen LogP contribution in [0.3, 0.4) is 0 Å². The van der Waals surface area contributed by atoms with Gasteiger partial charge in [0.15, 0.2) is 0 Å². The lowest BCUT2D eigenvalue weighted by Gasteiger charge is -2.18. The Kier molecular flexibility index (Phi) is 4.07. The fourth-order valence-corrected chi connectivity index (χ4v) is 2.55. The Morgan fingerprint density at radius 1 is 1.05 bits per heavy atom. The summed E-state index contributed by atoms with van der Waals surface area (Å²) in [5.41, 5.74) is 2.34. The molecule has 0 aliphatic carbocycles. The summed E-state index contributed by atoms with van der Waals surface area (Å²) < 4.78 is 43.6. The van der Waals surface area contributed by atoms with Crippen LogP contribution in [-0.2, 0) is 25.7 Å². The highest BCUT2D eigenvalue weighted by molar-refractivity contribution is 5.37. The minimum Gasteiger partial charge on any atom is -0.489 e. The fourth-order valence-electron chi connectivity index (χ4n) is 2.55. The summed E-state index contributed by atoms with van der Waals surface area (Å²) in [6.45, 7) is 1.89. The van der Waals surface area contributed by atoms with Crippen LogP contribution < -0.4 is 10.1 Å². The third-order valence-electron chi connectivity index (χ3n) is 3.72. The Hall–Kier alpha value is -2.01. The third-order valence-corrected chi connectivity index (χ3v) is 3.72. The molecule has 0 unspecified atom stereocenters. The molecule has 2 aromatic rings. The van der Waals surface area contributed by atoms with Crippen molar-refractivity contribution in [3.8, 4) is 5.75 Å². The van der Waals surface area contributed by atoms with Gasteiger partial charge in [0.05, 0.1) is 5.56 Å². The van der Waals surface area contributed by atoms with Crippen LogP contribution in [-0.4, -0.2) is 6.54 Å². The molecule has 5 heteroatoms. The molecular weight excluding hydrogens is 291 g/mol. The van der Waals surface area contributed by atoms with Crippen LogP contribution in [0.25, 0.3) is 0 Å². The first-order valence-corrected chi connectivity index (χ1v) is 7.14. The van der Waals surface area contributed by atoms with Gasteiger partial charge in [-0.2, -0.15) is 13.2 Å². The summed E-state index contributed by atoms with van der Waals surface area (Å²) in [4.78, 5) is 0. The smallest absolute Gasteiger partial charge is 0.416 e. The van der Waals surface area contributed by atoms with Gasteiger partial charge < -0.3 is 10.1 Å². The Balaban J connectivity index is 1.70. The van der Waals surface area contributed by atoms with Crippen molar-refractivity contribution in [1.29, 1.82) is 0 Å². The molecule has 0 bridgehead atoms. The second-order valence-electron chi connectivity index (χ2n) is 5.34. The Bertz CT molecular complexity index is 667. The molecule has 1 aliphatic heterocycles. The van der Waals surface area contributed by atoms with Crippen LogP contribution in [0.1, 0.15) is 22.3 Å². The van der Waals surface area contributed by atoms with Crippen LogP contribution in [0.5, 0.6) is 5.75 Å². The van der Waals surface area contributed by atoms with Crippen molar-refractivity contribution in [3.63, 3.8) is 0 Å². The maximum absolute atomic E-state index is 12.7. The van der Waals surface area contributed by atoms with Gasteiger partial charge in [-0.1, -0.05) is 18.2 Å². The van der Waals surface area contributed by atoms with E-state index < -0.39 is 11.7 Å². The van der Waals surface area contributed by atoms with Crippen molar-refractivity contribution in [2.24, 2.45) is 0 Å². The molecule has 0 atom stereocenters. The number of fused-ring (bicyclic) bond motifs is 1. The third kappa shape index (κ3) is 3.42. The molecule has 2 nitrogen and oxygen atoms in total. The summed E-state index contributed by atoms with van der Waals surface area (Å²) in [6, 6.07) is 11.1. The Labute approximate surface area is 126 Å². The van der Waals surface area contributed by atoms with Crippen LogP contribution in [0.2, 0.25) is 0 Å². The van der Waals surface area contributed by atoms with Crippen molar-refractivity contribution in [1.82, 2.24) is 5.32 Å². The largest absolute Gasteiger partial charge is 0.489 e. The minimum absolute atomic E-state index is 0.121. The fraction of sp³-hybridized carbons (Fsp3) is 0.294. The number of benzene rings is 2. The van der Waals surface area contributed by atoms with E-state index in [1.165, 1.54) is 17.2 Å². The van der Waals surface area contributed by atoms with Gasteiger partial charge in [-0.25, -0.2) is 0 Å². The summed E-state index contributed by atoms with van der Waals surface area (Å²) in [5, 5.41) is 3.29. The van der Waals surface area contributed by atoms with E-state index in [2.05, 4.69) is 5.32 Å². The molecular formula is C17H16F3NO. The van der Waals surface area contributed by atoms with Gasteiger partial charge in [0.1, 0.15) is 12.4 Å². The lowest BCUT2D eigenvalue weighted by Crippen LogP contribution is -2.23. The predicted molar refractivity (Wildman–Crippen MR) is 77.6 cm³/mol. The van der Waals surface area contributed by atoms with Gasteiger partial charge >= 0.3 is 6.18 Å². The van der Waals surface area contributed by atoms with Crippen molar-refractivity contribution in [2.75, 3.05) is 6.54 Å². The maximum Gasteiger partial charge on any atom is 0.416 e. The highest BCUT2D eigenvalue weighted by atomic mass is 19.4. The van der Waals surface area contributed by atoms with Gasteiger partial charge in [0.25, 0.3) is 0 Å². The average Bonchev–Trinajstić information content (AvgIpc) is 2.52. The zero-order valence-corrected chi connectivity index (χ0v) is 11.9. The monoisotopic (exact) mass is 307 g/mol. The number of rotatable bonds is 3. The number of nitrogens with one attached hydrogen (secondary N) is 1. The highest BCUT2D eigenvalue weighted by Gasteiger charge is 2.30. The zero-order valence-electron chi connectivity index (χ0n) is 11.9. The summed E-state index contributed by atoms with van der Waals surface area (Å²) in [5.74, 6) is 0.680. The molecule has 0 aromatic heterocycles. The maximum atomic E-state index is 12.7. The quantitative estimate of drug-likeness (QED) is 0.927. The van der Waals surface area contributed by atoms with Crippen LogP contribution >= 0.6 is 0 Å². The lowest BCUT2D eigenvalue weighted by molar-refractivity contribution is -0.137. The molecule has 1 N–H and O–H groups in total. The first-order chi connectivity index (χ1) is 10.5. The number of alkyl halides is 3. The molecule has 0 radical (unpaired) electrons. The number of ether oxygens (including phenoxy) is 1. The summed E-state index contributed by atoms with van der Waals surface area (Å²) in [6.07, 6.45) is -3.34. The van der Waals surface area contributed by atoms with Crippen LogP contribution in [0.15, 0.2) is 42.5 Å². The van der Waals surface area contributed by atoms with Gasteiger partial charge in [0.2, 0.25) is 0 Å². The molecule has 3 rings (SSSR count). The zero-order chi connectivity index (χ0) is 15.6. The van der Waals surface area contributed by atoms with Crippen molar-refractivity contribution in [3.05, 3.63) is 64.7 Å². The van der Waals surface area contributed by atoms with E-state index in [9.17, 15) is 13.2 Å². The average molecular weight is 307 g/mol. The molecule has 1 heterocycles. The number of halogens is 3. The molecule has 0 saturated heterocycles. The van der Waals surface area contributed by atoms with E-state index in [1.807, 2.05) is 18.2 Å². The van der Waals surface area contributed by atoms with Gasteiger partial charge in [-0.15, -0.1) is 0 Å². The van der Waals surface area contributed by atoms with Crippen molar-refractivity contribution >= 4 is 0 Å². The number of hydrogen-bond donors (Lipinski definition) is 1. The standard InChI is InChI=1S/C17H16F3NO/c18-17(19,20)15-3-1-2-12(8-15)11-22-16-5-4-13-6-7-21-10-14(13)9-16/h1-5,8-9,21H,6-7,10-11H2. The Morgan fingerprint density at radius 2 is 1.91 bits per heavy atom. The van der Waals surface area contributed by atoms with Crippen LogP contribution in [0, 0.1) is 0 Å². The minimum atomic E-state index is -4.33. The van der Waals surface area contributed by atoms with E-state index in [0.717, 1.165) is 31.6 Å². The van der Waals surface area contributed by atoms with E-state index in [4.69, 9.17) is 4.74 Å². The number of hydrogen-bond acceptors (Lipinski definition) is 2. The normalized spacial score (nSPS) is 14.5. The molecule has 0 saturated carbocycles. The van der Waals surface area contributed by atoms with E-state index in [0.29, 0.717) is 11.3 Å². The predicted octanol–water partition coefficient (Wildman–Crippen LogP) is 3.93. The highest BCUT2D eigenvalue weighted by Crippen LogP contribution is 2.30. The van der Waals surface area contributed by atoms with E-state index in [-0.39, 0.29) is 6.61 Å². The second kappa shape index (κ2) is 6.01.